The van der Waals surface area contributed by atoms with Gasteiger partial charge >= 0.3 is 0 Å². The molecule has 1 aliphatic heterocycles. The molecule has 5 nitrogen and oxygen atoms in total. The van der Waals surface area contributed by atoms with Crippen molar-refractivity contribution in [3.63, 3.8) is 0 Å². The van der Waals surface area contributed by atoms with E-state index in [1.165, 1.54) is 11.1 Å². The second kappa shape index (κ2) is 8.49. The van der Waals surface area contributed by atoms with Crippen LogP contribution in [0.1, 0.15) is 11.5 Å². The van der Waals surface area contributed by atoms with E-state index in [0.29, 0.717) is 0 Å². The van der Waals surface area contributed by atoms with Crippen LogP contribution < -0.4 is 0 Å². The first-order valence-electron chi connectivity index (χ1n) is 9.50. The molecule has 148 valence electrons. The van der Waals surface area contributed by atoms with Gasteiger partial charge < -0.3 is 4.74 Å². The molecule has 29 heavy (non-hydrogen) atoms. The molecule has 3 aromatic heterocycles. The van der Waals surface area contributed by atoms with Crippen LogP contribution in [-0.4, -0.2) is 46.2 Å². The third-order valence-corrected chi connectivity index (χ3v) is 7.70. The van der Waals surface area contributed by atoms with E-state index >= 15 is 0 Å². The van der Waals surface area contributed by atoms with Gasteiger partial charge in [0.25, 0.3) is 0 Å². The summed E-state index contributed by atoms with van der Waals surface area (Å²) in [5.41, 5.74) is 3.43. The summed E-state index contributed by atoms with van der Waals surface area (Å²) in [6.07, 6.45) is 0. The highest BCUT2D eigenvalue weighted by molar-refractivity contribution is 8.01. The van der Waals surface area contributed by atoms with Crippen molar-refractivity contribution in [2.24, 2.45) is 0 Å². The van der Waals surface area contributed by atoms with E-state index in [2.05, 4.69) is 44.9 Å². The number of hydrogen-bond acceptors (Lipinski definition) is 8. The lowest BCUT2D eigenvalue weighted by atomic mass is 10.1. The van der Waals surface area contributed by atoms with Gasteiger partial charge in [-0.2, -0.15) is 0 Å². The van der Waals surface area contributed by atoms with Crippen molar-refractivity contribution in [3.05, 3.63) is 52.6 Å². The molecule has 0 aliphatic carbocycles. The molecule has 0 radical (unpaired) electrons. The number of thiazole rings is 1. The first kappa shape index (κ1) is 19.1. The second-order valence-electron chi connectivity index (χ2n) is 6.89. The summed E-state index contributed by atoms with van der Waals surface area (Å²) in [7, 11) is 0. The maximum Gasteiger partial charge on any atom is 0.156 e. The molecule has 5 rings (SSSR count). The quantitative estimate of drug-likeness (QED) is 0.402. The van der Waals surface area contributed by atoms with Crippen LogP contribution >= 0.6 is 34.4 Å². The predicted molar refractivity (Wildman–Crippen MR) is 120 cm³/mol. The minimum absolute atomic E-state index is 0.752. The third kappa shape index (κ3) is 4.22. The van der Waals surface area contributed by atoms with E-state index in [-0.39, 0.29) is 0 Å². The van der Waals surface area contributed by atoms with E-state index in [4.69, 9.17) is 14.7 Å². The molecular formula is C21H20N4OS3. The molecule has 0 N–H and O–H groups in total. The van der Waals surface area contributed by atoms with Crippen LogP contribution in [0.4, 0.5) is 0 Å². The minimum Gasteiger partial charge on any atom is -0.379 e. The highest BCUT2D eigenvalue weighted by Gasteiger charge is 2.19. The normalized spacial score (nSPS) is 15.2. The largest absolute Gasteiger partial charge is 0.379 e. The lowest BCUT2D eigenvalue weighted by Gasteiger charge is -2.25. The number of thiophene rings is 1. The fraction of sp³-hybridized carbons (Fsp3) is 0.286. The van der Waals surface area contributed by atoms with E-state index in [0.717, 1.165) is 63.9 Å². The monoisotopic (exact) mass is 440 g/mol. The van der Waals surface area contributed by atoms with Crippen LogP contribution in [0.3, 0.4) is 0 Å². The van der Waals surface area contributed by atoms with E-state index in [9.17, 15) is 0 Å². The molecule has 8 heteroatoms. The lowest BCUT2D eigenvalue weighted by Crippen LogP contribution is -2.36. The van der Waals surface area contributed by atoms with Gasteiger partial charge in [-0.05, 0) is 24.2 Å². The molecule has 1 fully saturated rings. The second-order valence-corrected chi connectivity index (χ2v) is 9.84. The van der Waals surface area contributed by atoms with Crippen LogP contribution in [-0.2, 0) is 11.3 Å². The van der Waals surface area contributed by atoms with Crippen LogP contribution in [0.5, 0.6) is 0 Å². The number of fused-ring (bicyclic) bond motifs is 1. The first-order chi connectivity index (χ1) is 14.3. The zero-order valence-electron chi connectivity index (χ0n) is 16.0. The van der Waals surface area contributed by atoms with Crippen molar-refractivity contribution < 1.29 is 4.74 Å². The summed E-state index contributed by atoms with van der Waals surface area (Å²) in [5.74, 6) is 0.872. The maximum absolute atomic E-state index is 5.47. The molecule has 0 bridgehead atoms. The van der Waals surface area contributed by atoms with E-state index < -0.39 is 0 Å². The van der Waals surface area contributed by atoms with Crippen molar-refractivity contribution in [3.8, 4) is 11.1 Å². The van der Waals surface area contributed by atoms with Gasteiger partial charge in [0.1, 0.15) is 15.7 Å². The molecule has 4 heterocycles. The van der Waals surface area contributed by atoms with Crippen molar-refractivity contribution >= 4 is 44.7 Å². The standard InChI is InChI=1S/C21H20N4OS3/c1-14-12-28-21(22-14)29-20-18-16(15-5-3-2-4-6-15)13-27-19(18)23-17(24-20)11-25-7-9-26-10-8-25/h2-6,12-13H,7-11H2,1H3. The van der Waals surface area contributed by atoms with Crippen molar-refractivity contribution in [2.75, 3.05) is 26.3 Å². The molecule has 4 aromatic rings. The molecule has 0 atom stereocenters. The number of nitrogens with zero attached hydrogens (tertiary/aromatic N) is 4. The topological polar surface area (TPSA) is 51.1 Å². The summed E-state index contributed by atoms with van der Waals surface area (Å²) < 4.78 is 6.49. The van der Waals surface area contributed by atoms with Crippen molar-refractivity contribution in [2.45, 2.75) is 22.8 Å². The minimum atomic E-state index is 0.752. The summed E-state index contributed by atoms with van der Waals surface area (Å²) in [6.45, 7) is 6.19. The Morgan fingerprint density at radius 2 is 1.86 bits per heavy atom. The maximum atomic E-state index is 5.47. The highest BCUT2D eigenvalue weighted by atomic mass is 32.2. The van der Waals surface area contributed by atoms with Gasteiger partial charge in [-0.25, -0.2) is 15.0 Å². The van der Waals surface area contributed by atoms with Gasteiger partial charge in [-0.3, -0.25) is 4.90 Å². The Morgan fingerprint density at radius 1 is 1.03 bits per heavy atom. The molecule has 1 aliphatic rings. The van der Waals surface area contributed by atoms with Crippen molar-refractivity contribution in [1.82, 2.24) is 19.9 Å². The Bertz CT molecular complexity index is 1120. The fourth-order valence-corrected chi connectivity index (χ4v) is 6.29. The lowest BCUT2D eigenvalue weighted by molar-refractivity contribution is 0.0330. The molecule has 0 saturated carbocycles. The van der Waals surface area contributed by atoms with Gasteiger partial charge in [-0.1, -0.05) is 30.3 Å². The van der Waals surface area contributed by atoms with Crippen LogP contribution in [0.15, 0.2) is 50.5 Å². The summed E-state index contributed by atoms with van der Waals surface area (Å²) in [6, 6.07) is 10.5. The zero-order chi connectivity index (χ0) is 19.6. The van der Waals surface area contributed by atoms with E-state index in [1.807, 2.05) is 13.0 Å². The molecule has 0 amide bonds. The summed E-state index contributed by atoms with van der Waals surface area (Å²) in [5, 5.41) is 6.41. The molecular weight excluding hydrogens is 420 g/mol. The molecule has 1 aromatic carbocycles. The van der Waals surface area contributed by atoms with Gasteiger partial charge in [0.05, 0.1) is 25.1 Å². The van der Waals surface area contributed by atoms with Gasteiger partial charge in [-0.15, -0.1) is 22.7 Å². The number of ether oxygens (including phenoxy) is 1. The zero-order valence-corrected chi connectivity index (χ0v) is 18.4. The van der Waals surface area contributed by atoms with Crippen LogP contribution in [0.25, 0.3) is 21.3 Å². The van der Waals surface area contributed by atoms with Crippen LogP contribution in [0.2, 0.25) is 0 Å². The smallest absolute Gasteiger partial charge is 0.156 e. The van der Waals surface area contributed by atoms with Crippen LogP contribution in [0, 0.1) is 6.92 Å². The third-order valence-electron chi connectivity index (χ3n) is 4.78. The van der Waals surface area contributed by atoms with Crippen molar-refractivity contribution in [1.29, 1.82) is 0 Å². The Kier molecular flexibility index (Phi) is 5.61. The van der Waals surface area contributed by atoms with E-state index in [1.54, 1.807) is 34.4 Å². The average molecular weight is 441 g/mol. The Hall–Kier alpha value is -1.84. The predicted octanol–water partition coefficient (Wildman–Crippen LogP) is 5.11. The summed E-state index contributed by atoms with van der Waals surface area (Å²) >= 11 is 5.00. The fourth-order valence-electron chi connectivity index (χ4n) is 3.35. The Morgan fingerprint density at radius 3 is 2.62 bits per heavy atom. The molecule has 0 spiro atoms. The number of aryl methyl sites for hydroxylation is 1. The number of morpholine rings is 1. The first-order valence-corrected chi connectivity index (χ1v) is 12.1. The number of rotatable bonds is 5. The Labute approximate surface area is 181 Å². The number of aromatic nitrogens is 3. The number of hydrogen-bond donors (Lipinski definition) is 0. The molecule has 1 saturated heterocycles. The SMILES string of the molecule is Cc1csc(Sc2nc(CN3CCOCC3)nc3scc(-c4ccccc4)c23)n1. The van der Waals surface area contributed by atoms with Gasteiger partial charge in [0.2, 0.25) is 0 Å². The highest BCUT2D eigenvalue weighted by Crippen LogP contribution is 2.41. The molecule has 0 unspecified atom stereocenters. The Balaban J connectivity index is 1.58. The number of benzene rings is 1. The average Bonchev–Trinajstić information content (AvgIpc) is 3.35. The van der Waals surface area contributed by atoms with Gasteiger partial charge in [0, 0.05) is 35.1 Å². The summed E-state index contributed by atoms with van der Waals surface area (Å²) in [4.78, 5) is 18.0. The van der Waals surface area contributed by atoms with Gasteiger partial charge in [0.15, 0.2) is 4.34 Å².